The maximum absolute atomic E-state index is 13.2. The second-order valence-electron chi connectivity index (χ2n) is 5.10. The predicted octanol–water partition coefficient (Wildman–Crippen LogP) is 3.33. The van der Waals surface area contributed by atoms with Gasteiger partial charge in [-0.05, 0) is 43.0 Å². The number of benzene rings is 1. The van der Waals surface area contributed by atoms with E-state index in [1.165, 1.54) is 12.1 Å². The molecular formula is C14H23FN2. The van der Waals surface area contributed by atoms with Crippen molar-refractivity contribution in [2.45, 2.75) is 33.2 Å². The van der Waals surface area contributed by atoms with E-state index in [9.17, 15) is 4.39 Å². The molecule has 0 spiro atoms. The summed E-state index contributed by atoms with van der Waals surface area (Å²) in [4.78, 5) is 2.15. The zero-order valence-electron chi connectivity index (χ0n) is 11.2. The maximum Gasteiger partial charge on any atom is 0.123 e. The lowest BCUT2D eigenvalue weighted by molar-refractivity contribution is 0.583. The van der Waals surface area contributed by atoms with Gasteiger partial charge in [-0.15, -0.1) is 0 Å². The molecule has 0 aromatic heterocycles. The summed E-state index contributed by atoms with van der Waals surface area (Å²) < 4.78 is 13.2. The van der Waals surface area contributed by atoms with Gasteiger partial charge in [-0.2, -0.15) is 0 Å². The highest BCUT2D eigenvalue weighted by molar-refractivity contribution is 5.54. The number of rotatable bonds is 5. The van der Waals surface area contributed by atoms with Crippen molar-refractivity contribution >= 4 is 5.69 Å². The Morgan fingerprint density at radius 1 is 1.29 bits per heavy atom. The van der Waals surface area contributed by atoms with Crippen LogP contribution in [0.1, 0.15) is 38.8 Å². The summed E-state index contributed by atoms with van der Waals surface area (Å²) in [5.74, 6) is 0.440. The summed E-state index contributed by atoms with van der Waals surface area (Å²) >= 11 is 0. The summed E-state index contributed by atoms with van der Waals surface area (Å²) in [6.45, 7) is 7.24. The van der Waals surface area contributed by atoms with Gasteiger partial charge in [0.2, 0.25) is 0 Å². The van der Waals surface area contributed by atoms with E-state index in [1.54, 1.807) is 0 Å². The van der Waals surface area contributed by atoms with Gasteiger partial charge in [0.05, 0.1) is 0 Å². The number of hydrogen-bond donors (Lipinski definition) is 1. The van der Waals surface area contributed by atoms with E-state index in [0.29, 0.717) is 5.92 Å². The van der Waals surface area contributed by atoms with Crippen molar-refractivity contribution in [2.24, 2.45) is 11.7 Å². The number of nitrogens with zero attached hydrogens (tertiary/aromatic N) is 1. The van der Waals surface area contributed by atoms with Gasteiger partial charge in [0.1, 0.15) is 5.82 Å². The van der Waals surface area contributed by atoms with Crippen LogP contribution in [0.2, 0.25) is 0 Å². The fourth-order valence-corrected chi connectivity index (χ4v) is 1.81. The summed E-state index contributed by atoms with van der Waals surface area (Å²) in [6.07, 6.45) is 1.12. The second-order valence-corrected chi connectivity index (χ2v) is 5.10. The SMILES string of the molecule is CC(C)CCN(C)c1ccc(F)cc1[C@@H](C)N. The molecule has 0 saturated carbocycles. The zero-order valence-corrected chi connectivity index (χ0v) is 11.2. The molecule has 2 nitrogen and oxygen atoms in total. The Balaban J connectivity index is 2.88. The van der Waals surface area contributed by atoms with Gasteiger partial charge < -0.3 is 10.6 Å². The normalized spacial score (nSPS) is 12.9. The van der Waals surface area contributed by atoms with Crippen LogP contribution < -0.4 is 10.6 Å². The van der Waals surface area contributed by atoms with Crippen molar-refractivity contribution in [3.63, 3.8) is 0 Å². The highest BCUT2D eigenvalue weighted by atomic mass is 19.1. The average Bonchev–Trinajstić information content (AvgIpc) is 2.25. The molecule has 0 saturated heterocycles. The van der Waals surface area contributed by atoms with Crippen LogP contribution in [0.3, 0.4) is 0 Å². The topological polar surface area (TPSA) is 29.3 Å². The van der Waals surface area contributed by atoms with Crippen molar-refractivity contribution in [1.82, 2.24) is 0 Å². The van der Waals surface area contributed by atoms with E-state index >= 15 is 0 Å². The van der Waals surface area contributed by atoms with Crippen LogP contribution in [0.25, 0.3) is 0 Å². The molecule has 0 bridgehead atoms. The monoisotopic (exact) mass is 238 g/mol. The summed E-state index contributed by atoms with van der Waals surface area (Å²) in [5.41, 5.74) is 7.79. The standard InChI is InChI=1S/C14H23FN2/c1-10(2)7-8-17(4)14-6-5-12(15)9-13(14)11(3)16/h5-6,9-11H,7-8,16H2,1-4H3/t11-/m1/s1. The quantitative estimate of drug-likeness (QED) is 0.852. The molecule has 2 N–H and O–H groups in total. The number of halogens is 1. The van der Waals surface area contributed by atoms with Crippen molar-refractivity contribution in [1.29, 1.82) is 0 Å². The number of hydrogen-bond acceptors (Lipinski definition) is 2. The average molecular weight is 238 g/mol. The molecule has 1 aromatic carbocycles. The lowest BCUT2D eigenvalue weighted by Gasteiger charge is -2.24. The van der Waals surface area contributed by atoms with Crippen LogP contribution in [0.5, 0.6) is 0 Å². The van der Waals surface area contributed by atoms with E-state index in [1.807, 2.05) is 20.0 Å². The Morgan fingerprint density at radius 2 is 1.94 bits per heavy atom. The van der Waals surface area contributed by atoms with Crippen LogP contribution in [-0.2, 0) is 0 Å². The molecule has 0 fully saturated rings. The molecule has 0 unspecified atom stereocenters. The van der Waals surface area contributed by atoms with Crippen molar-refractivity contribution in [2.75, 3.05) is 18.5 Å². The molecule has 3 heteroatoms. The third kappa shape index (κ3) is 4.00. The smallest absolute Gasteiger partial charge is 0.123 e. The van der Waals surface area contributed by atoms with Gasteiger partial charge in [-0.3, -0.25) is 0 Å². The van der Waals surface area contributed by atoms with Crippen molar-refractivity contribution in [3.05, 3.63) is 29.6 Å². The molecule has 1 atom stereocenters. The van der Waals surface area contributed by atoms with Crippen LogP contribution in [0.4, 0.5) is 10.1 Å². The Bertz CT molecular complexity index is 361. The molecule has 96 valence electrons. The minimum absolute atomic E-state index is 0.151. The van der Waals surface area contributed by atoms with Gasteiger partial charge in [0, 0.05) is 25.3 Å². The maximum atomic E-state index is 13.2. The van der Waals surface area contributed by atoms with Gasteiger partial charge in [-0.25, -0.2) is 4.39 Å². The Labute approximate surface area is 104 Å². The predicted molar refractivity (Wildman–Crippen MR) is 71.7 cm³/mol. The molecule has 1 aromatic rings. The van der Waals surface area contributed by atoms with Gasteiger partial charge in [-0.1, -0.05) is 13.8 Å². The number of nitrogens with two attached hydrogens (primary N) is 1. The van der Waals surface area contributed by atoms with Crippen LogP contribution in [-0.4, -0.2) is 13.6 Å². The third-order valence-electron chi connectivity index (χ3n) is 2.93. The third-order valence-corrected chi connectivity index (χ3v) is 2.93. The van der Waals surface area contributed by atoms with E-state index in [0.717, 1.165) is 24.2 Å². The van der Waals surface area contributed by atoms with Gasteiger partial charge in [0.25, 0.3) is 0 Å². The Kier molecular flexibility index (Phi) is 4.94. The Hall–Kier alpha value is -1.09. The summed E-state index contributed by atoms with van der Waals surface area (Å²) in [5, 5.41) is 0. The van der Waals surface area contributed by atoms with Crippen molar-refractivity contribution < 1.29 is 4.39 Å². The summed E-state index contributed by atoms with van der Waals surface area (Å²) in [7, 11) is 2.03. The first-order valence-corrected chi connectivity index (χ1v) is 6.18. The first-order valence-electron chi connectivity index (χ1n) is 6.18. The second kappa shape index (κ2) is 6.01. The first kappa shape index (κ1) is 14.0. The Morgan fingerprint density at radius 3 is 2.47 bits per heavy atom. The van der Waals surface area contributed by atoms with E-state index in [-0.39, 0.29) is 11.9 Å². The van der Waals surface area contributed by atoms with Crippen LogP contribution in [0, 0.1) is 11.7 Å². The molecule has 0 amide bonds. The zero-order chi connectivity index (χ0) is 13.0. The molecule has 0 aliphatic rings. The van der Waals surface area contributed by atoms with Gasteiger partial charge >= 0.3 is 0 Å². The van der Waals surface area contributed by atoms with E-state index in [4.69, 9.17) is 5.73 Å². The first-order chi connectivity index (χ1) is 7.91. The minimum atomic E-state index is -0.224. The molecule has 0 aliphatic heterocycles. The molecular weight excluding hydrogens is 215 g/mol. The molecule has 0 aliphatic carbocycles. The van der Waals surface area contributed by atoms with Crippen LogP contribution in [0.15, 0.2) is 18.2 Å². The largest absolute Gasteiger partial charge is 0.374 e. The highest BCUT2D eigenvalue weighted by Gasteiger charge is 2.12. The van der Waals surface area contributed by atoms with E-state index in [2.05, 4.69) is 18.7 Å². The molecule has 0 heterocycles. The van der Waals surface area contributed by atoms with Crippen LogP contribution >= 0.6 is 0 Å². The minimum Gasteiger partial charge on any atom is -0.374 e. The van der Waals surface area contributed by atoms with Gasteiger partial charge in [0.15, 0.2) is 0 Å². The van der Waals surface area contributed by atoms with Crippen molar-refractivity contribution in [3.8, 4) is 0 Å². The molecule has 0 radical (unpaired) electrons. The molecule has 17 heavy (non-hydrogen) atoms. The fraction of sp³-hybridized carbons (Fsp3) is 0.571. The van der Waals surface area contributed by atoms with E-state index < -0.39 is 0 Å². The summed E-state index contributed by atoms with van der Waals surface area (Å²) in [6, 6.07) is 4.69. The lowest BCUT2D eigenvalue weighted by Crippen LogP contribution is -2.23. The molecule has 1 rings (SSSR count). The fourth-order valence-electron chi connectivity index (χ4n) is 1.81. The highest BCUT2D eigenvalue weighted by Crippen LogP contribution is 2.25. The lowest BCUT2D eigenvalue weighted by atomic mass is 10.0. The number of anilines is 1.